The van der Waals surface area contributed by atoms with E-state index in [4.69, 9.17) is 41.6 Å². The van der Waals surface area contributed by atoms with Gasteiger partial charge in [0, 0.05) is 34.1 Å². The lowest BCUT2D eigenvalue weighted by atomic mass is 9.99. The molecule has 0 unspecified atom stereocenters. The number of anilines is 1. The molecule has 0 aliphatic carbocycles. The van der Waals surface area contributed by atoms with E-state index in [0.29, 0.717) is 37.1 Å². The van der Waals surface area contributed by atoms with Gasteiger partial charge in [-0.3, -0.25) is 25.5 Å². The van der Waals surface area contributed by atoms with Crippen LogP contribution in [0, 0.1) is 24.7 Å². The van der Waals surface area contributed by atoms with Crippen LogP contribution < -0.4 is 15.5 Å². The first-order valence-corrected chi connectivity index (χ1v) is 15.2. The quantitative estimate of drug-likeness (QED) is 0.146. The molecule has 0 bridgehead atoms. The molecule has 43 heavy (non-hydrogen) atoms. The number of thiophene rings is 1. The van der Waals surface area contributed by atoms with Gasteiger partial charge in [0.05, 0.1) is 38.6 Å². The van der Waals surface area contributed by atoms with Crippen LogP contribution in [0.3, 0.4) is 0 Å². The van der Waals surface area contributed by atoms with Crippen molar-refractivity contribution in [3.05, 3.63) is 50.9 Å². The van der Waals surface area contributed by atoms with Gasteiger partial charge in [-0.25, -0.2) is 4.79 Å². The Kier molecular flexibility index (Phi) is 12.3. The molecule has 234 valence electrons. The van der Waals surface area contributed by atoms with E-state index in [-0.39, 0.29) is 37.2 Å². The van der Waals surface area contributed by atoms with E-state index in [0.717, 1.165) is 26.6 Å². The SMILES string of the molecule is CC(=N)N1C(=N)[C@H](CC(=O)NCCOCCOCCNC(=O)OC(C)(C)C)N=C(c2ccc(Cl)cc2)c2c1sc(C)c2C. The Morgan fingerprint density at radius 3 is 2.23 bits per heavy atom. The van der Waals surface area contributed by atoms with Crippen LogP contribution in [-0.2, 0) is 19.0 Å². The van der Waals surface area contributed by atoms with E-state index in [2.05, 4.69) is 10.6 Å². The summed E-state index contributed by atoms with van der Waals surface area (Å²) in [6, 6.07) is 6.54. The predicted octanol–water partition coefficient (Wildman–Crippen LogP) is 5.08. The van der Waals surface area contributed by atoms with Crippen molar-refractivity contribution in [3.63, 3.8) is 0 Å². The number of ether oxygens (including phenoxy) is 3. The Hall–Kier alpha value is -3.32. The summed E-state index contributed by atoms with van der Waals surface area (Å²) in [5, 5.41) is 24.2. The first-order chi connectivity index (χ1) is 20.3. The summed E-state index contributed by atoms with van der Waals surface area (Å²) in [4.78, 5) is 32.1. The summed E-state index contributed by atoms with van der Waals surface area (Å²) in [5.74, 6) is -0.0202. The topological polar surface area (TPSA) is 149 Å². The molecule has 13 heteroatoms. The minimum Gasteiger partial charge on any atom is -0.444 e. The number of rotatable bonds is 12. The van der Waals surface area contributed by atoms with Crippen LogP contribution in [0.5, 0.6) is 0 Å². The molecule has 0 saturated heterocycles. The van der Waals surface area contributed by atoms with Crippen LogP contribution in [0.1, 0.15) is 55.7 Å². The molecule has 2 heterocycles. The lowest BCUT2D eigenvalue weighted by molar-refractivity contribution is -0.121. The molecule has 0 radical (unpaired) electrons. The number of carbonyl (C=O) groups is 2. The second kappa shape index (κ2) is 15.4. The fraction of sp³-hybridized carbons (Fsp3) is 0.500. The van der Waals surface area contributed by atoms with Crippen molar-refractivity contribution in [2.45, 2.75) is 59.6 Å². The number of aryl methyl sites for hydroxylation is 1. The third-order valence-electron chi connectivity index (χ3n) is 6.34. The molecule has 1 aromatic heterocycles. The largest absolute Gasteiger partial charge is 0.444 e. The number of hydrogen-bond acceptors (Lipinski definition) is 9. The first-order valence-electron chi connectivity index (χ1n) is 14.1. The molecule has 1 aliphatic heterocycles. The maximum absolute atomic E-state index is 12.9. The normalized spacial score (nSPS) is 15.0. The summed E-state index contributed by atoms with van der Waals surface area (Å²) < 4.78 is 16.1. The zero-order valence-corrected chi connectivity index (χ0v) is 27.1. The highest BCUT2D eigenvalue weighted by Crippen LogP contribution is 2.40. The molecular formula is C30H41ClN6O5S. The monoisotopic (exact) mass is 632 g/mol. The Labute approximate surface area is 262 Å². The van der Waals surface area contributed by atoms with Crippen LogP contribution in [0.15, 0.2) is 29.3 Å². The Morgan fingerprint density at radius 2 is 1.65 bits per heavy atom. The molecule has 0 saturated carbocycles. The molecule has 0 spiro atoms. The van der Waals surface area contributed by atoms with Crippen LogP contribution in [0.2, 0.25) is 5.02 Å². The number of amidine groups is 2. The average Bonchev–Trinajstić information content (AvgIpc) is 3.13. The van der Waals surface area contributed by atoms with E-state index < -0.39 is 17.7 Å². The molecular weight excluding hydrogens is 592 g/mol. The highest BCUT2D eigenvalue weighted by molar-refractivity contribution is 7.17. The molecule has 4 N–H and O–H groups in total. The maximum atomic E-state index is 12.9. The lowest BCUT2D eigenvalue weighted by Crippen LogP contribution is -2.42. The Balaban J connectivity index is 1.54. The van der Waals surface area contributed by atoms with Crippen molar-refractivity contribution in [1.82, 2.24) is 10.6 Å². The van der Waals surface area contributed by atoms with Gasteiger partial charge in [0.2, 0.25) is 5.91 Å². The highest BCUT2D eigenvalue weighted by atomic mass is 35.5. The van der Waals surface area contributed by atoms with Gasteiger partial charge in [-0.05, 0) is 59.2 Å². The number of benzene rings is 1. The second-order valence-electron chi connectivity index (χ2n) is 11.0. The summed E-state index contributed by atoms with van der Waals surface area (Å²) in [6.45, 7) is 12.9. The van der Waals surface area contributed by atoms with Crippen LogP contribution in [0.4, 0.5) is 9.80 Å². The van der Waals surface area contributed by atoms with Gasteiger partial charge in [0.1, 0.15) is 28.3 Å². The van der Waals surface area contributed by atoms with Crippen molar-refractivity contribution in [2.24, 2.45) is 4.99 Å². The molecule has 0 fully saturated rings. The van der Waals surface area contributed by atoms with Gasteiger partial charge in [-0.15, -0.1) is 11.3 Å². The number of nitrogens with one attached hydrogen (secondary N) is 4. The Morgan fingerprint density at radius 1 is 1.05 bits per heavy atom. The molecule has 1 atom stereocenters. The van der Waals surface area contributed by atoms with E-state index >= 15 is 0 Å². The second-order valence-corrected chi connectivity index (χ2v) is 12.6. The predicted molar refractivity (Wildman–Crippen MR) is 172 cm³/mol. The number of alkyl carbamates (subject to hydrolysis) is 1. The number of hydrogen-bond donors (Lipinski definition) is 4. The number of fused-ring (bicyclic) bond motifs is 1. The minimum atomic E-state index is -0.797. The molecule has 2 aromatic rings. The molecule has 11 nitrogen and oxygen atoms in total. The van der Waals surface area contributed by atoms with Crippen molar-refractivity contribution in [3.8, 4) is 0 Å². The van der Waals surface area contributed by atoms with E-state index in [1.54, 1.807) is 44.7 Å². The third-order valence-corrected chi connectivity index (χ3v) is 7.78. The average molecular weight is 633 g/mol. The van der Waals surface area contributed by atoms with Gasteiger partial charge in [-0.2, -0.15) is 0 Å². The van der Waals surface area contributed by atoms with E-state index in [1.165, 1.54) is 11.3 Å². The zero-order chi connectivity index (χ0) is 31.7. The minimum absolute atomic E-state index is 0.0551. The van der Waals surface area contributed by atoms with Crippen molar-refractivity contribution in [1.29, 1.82) is 10.8 Å². The maximum Gasteiger partial charge on any atom is 0.407 e. The molecule has 3 rings (SSSR count). The number of carbonyl (C=O) groups excluding carboxylic acids is 2. The first kappa shape index (κ1) is 34.2. The van der Waals surface area contributed by atoms with Gasteiger partial charge < -0.3 is 24.8 Å². The number of nitrogens with zero attached hydrogens (tertiary/aromatic N) is 2. The smallest absolute Gasteiger partial charge is 0.407 e. The summed E-state index contributed by atoms with van der Waals surface area (Å²) in [6.07, 6.45) is -0.545. The summed E-state index contributed by atoms with van der Waals surface area (Å²) >= 11 is 7.65. The fourth-order valence-electron chi connectivity index (χ4n) is 4.26. The fourth-order valence-corrected chi connectivity index (χ4v) is 5.61. The summed E-state index contributed by atoms with van der Waals surface area (Å²) in [7, 11) is 0. The van der Waals surface area contributed by atoms with Crippen molar-refractivity contribution >= 4 is 57.3 Å². The highest BCUT2D eigenvalue weighted by Gasteiger charge is 2.34. The summed E-state index contributed by atoms with van der Waals surface area (Å²) in [5.41, 5.74) is 2.83. The van der Waals surface area contributed by atoms with Crippen molar-refractivity contribution < 1.29 is 23.8 Å². The van der Waals surface area contributed by atoms with Gasteiger partial charge in [-0.1, -0.05) is 23.7 Å². The molecule has 1 aliphatic rings. The molecule has 1 aromatic carbocycles. The third kappa shape index (κ3) is 9.85. The van der Waals surface area contributed by atoms with E-state index in [9.17, 15) is 9.59 Å². The number of aliphatic imine (C=N–C) groups is 1. The Bertz CT molecular complexity index is 1350. The zero-order valence-electron chi connectivity index (χ0n) is 25.6. The number of halogens is 1. The van der Waals surface area contributed by atoms with Crippen LogP contribution in [0.25, 0.3) is 0 Å². The van der Waals surface area contributed by atoms with Crippen LogP contribution in [-0.4, -0.2) is 80.5 Å². The van der Waals surface area contributed by atoms with Gasteiger partial charge in [0.25, 0.3) is 0 Å². The van der Waals surface area contributed by atoms with Crippen LogP contribution >= 0.6 is 22.9 Å². The van der Waals surface area contributed by atoms with Crippen molar-refractivity contribution in [2.75, 3.05) is 44.4 Å². The number of amides is 2. The molecule has 2 amide bonds. The van der Waals surface area contributed by atoms with Gasteiger partial charge in [0.15, 0.2) is 0 Å². The van der Waals surface area contributed by atoms with E-state index in [1.807, 2.05) is 26.0 Å². The standard InChI is InChI=1S/C30H41ClN6O5S/c1-18-19(2)43-28-25(18)26(21-7-9-22(31)10-8-21)36-23(27(33)37(28)20(3)32)17-24(38)34-11-13-40-15-16-41-14-12-35-29(39)42-30(4,5)6/h7-10,23,32-33H,11-17H2,1-6H3,(H,34,38)(H,35,39)/t23-/m0/s1. The van der Waals surface area contributed by atoms with Gasteiger partial charge >= 0.3 is 6.09 Å². The lowest BCUT2D eigenvalue weighted by Gasteiger charge is -2.24.